The van der Waals surface area contributed by atoms with Gasteiger partial charge in [0.05, 0.1) is 6.20 Å². The molecule has 0 bridgehead atoms. The van der Waals surface area contributed by atoms with Crippen molar-refractivity contribution in [1.29, 1.82) is 0 Å². The average Bonchev–Trinajstić information content (AvgIpc) is 2.95. The summed E-state index contributed by atoms with van der Waals surface area (Å²) < 4.78 is 1.21. The maximum absolute atomic E-state index is 12.4. The Morgan fingerprint density at radius 2 is 2.09 bits per heavy atom. The number of benzene rings is 1. The van der Waals surface area contributed by atoms with E-state index in [0.717, 1.165) is 11.1 Å². The summed E-state index contributed by atoms with van der Waals surface area (Å²) in [5.41, 5.74) is 1.74. The number of hydrogen-bond acceptors (Lipinski definition) is 4. The molecule has 9 heteroatoms. The number of aromatic nitrogens is 3. The zero-order valence-corrected chi connectivity index (χ0v) is 13.4. The van der Waals surface area contributed by atoms with Gasteiger partial charge in [-0.05, 0) is 29.7 Å². The molecule has 0 spiro atoms. The van der Waals surface area contributed by atoms with Gasteiger partial charge < -0.3 is 10.0 Å². The zero-order valence-electron chi connectivity index (χ0n) is 11.9. The highest BCUT2D eigenvalue weighted by atomic mass is 35.5. The van der Waals surface area contributed by atoms with Crippen molar-refractivity contribution in [1.82, 2.24) is 19.9 Å². The third-order valence-electron chi connectivity index (χ3n) is 3.65. The van der Waals surface area contributed by atoms with Crippen LogP contribution in [-0.4, -0.2) is 43.4 Å². The monoisotopic (exact) mass is 354 g/mol. The molecule has 0 saturated carbocycles. The number of halogens is 2. The Morgan fingerprint density at radius 1 is 1.30 bits per heavy atom. The molecule has 1 aromatic heterocycles. The van der Waals surface area contributed by atoms with Gasteiger partial charge in [-0.1, -0.05) is 28.4 Å². The predicted molar refractivity (Wildman–Crippen MR) is 82.6 cm³/mol. The SMILES string of the molecule is O=C(O)c1cn(CC(=O)N2CCc3c(Cl)cc(Cl)cc3C2)nn1. The Kier molecular flexibility index (Phi) is 4.23. The molecule has 2 aromatic rings. The largest absolute Gasteiger partial charge is 0.476 e. The number of aromatic carboxylic acids is 1. The molecule has 1 aliphatic heterocycles. The molecule has 1 amide bonds. The number of carbonyl (C=O) groups is 2. The molecule has 120 valence electrons. The van der Waals surface area contributed by atoms with Gasteiger partial charge in [-0.2, -0.15) is 0 Å². The molecule has 7 nitrogen and oxygen atoms in total. The Labute approximate surface area is 141 Å². The van der Waals surface area contributed by atoms with E-state index in [4.69, 9.17) is 28.3 Å². The predicted octanol–water partition coefficient (Wildman–Crippen LogP) is 1.87. The first-order valence-electron chi connectivity index (χ1n) is 6.82. The fourth-order valence-corrected chi connectivity index (χ4v) is 3.16. The van der Waals surface area contributed by atoms with E-state index in [1.54, 1.807) is 17.0 Å². The van der Waals surface area contributed by atoms with Crippen LogP contribution in [0, 0.1) is 0 Å². The molecule has 0 aliphatic carbocycles. The van der Waals surface area contributed by atoms with Crippen LogP contribution in [0.2, 0.25) is 10.0 Å². The molecule has 2 heterocycles. The summed E-state index contributed by atoms with van der Waals surface area (Å²) in [6.45, 7) is 0.881. The molecular weight excluding hydrogens is 343 g/mol. The van der Waals surface area contributed by atoms with Crippen molar-refractivity contribution >= 4 is 35.1 Å². The lowest BCUT2D eigenvalue weighted by Crippen LogP contribution is -2.38. The summed E-state index contributed by atoms with van der Waals surface area (Å²) in [5, 5.41) is 17.1. The Balaban J connectivity index is 1.72. The molecule has 23 heavy (non-hydrogen) atoms. The lowest BCUT2D eigenvalue weighted by atomic mass is 9.99. The van der Waals surface area contributed by atoms with E-state index in [-0.39, 0.29) is 18.1 Å². The van der Waals surface area contributed by atoms with Gasteiger partial charge >= 0.3 is 5.97 Å². The maximum Gasteiger partial charge on any atom is 0.358 e. The number of hydrogen-bond donors (Lipinski definition) is 1. The van der Waals surface area contributed by atoms with Crippen molar-refractivity contribution in [2.24, 2.45) is 0 Å². The third kappa shape index (κ3) is 3.30. The number of nitrogens with zero attached hydrogens (tertiary/aromatic N) is 4. The van der Waals surface area contributed by atoms with Crippen LogP contribution in [0.5, 0.6) is 0 Å². The van der Waals surface area contributed by atoms with E-state index in [0.29, 0.717) is 29.6 Å². The summed E-state index contributed by atoms with van der Waals surface area (Å²) in [5.74, 6) is -1.35. The smallest absolute Gasteiger partial charge is 0.358 e. The normalized spacial score (nSPS) is 13.7. The quantitative estimate of drug-likeness (QED) is 0.908. The molecule has 0 atom stereocenters. The molecule has 0 radical (unpaired) electrons. The van der Waals surface area contributed by atoms with Crippen molar-refractivity contribution in [3.05, 3.63) is 45.2 Å². The first-order valence-corrected chi connectivity index (χ1v) is 7.57. The Morgan fingerprint density at radius 3 is 2.78 bits per heavy atom. The van der Waals surface area contributed by atoms with Gasteiger partial charge in [-0.3, -0.25) is 4.79 Å². The molecule has 1 N–H and O–H groups in total. The van der Waals surface area contributed by atoms with E-state index >= 15 is 0 Å². The minimum absolute atomic E-state index is 0.0656. The molecule has 1 aliphatic rings. The van der Waals surface area contributed by atoms with Crippen LogP contribution < -0.4 is 0 Å². The molecule has 3 rings (SSSR count). The van der Waals surface area contributed by atoms with E-state index in [2.05, 4.69) is 10.3 Å². The van der Waals surface area contributed by atoms with Crippen LogP contribution in [0.15, 0.2) is 18.3 Å². The number of carboxylic acid groups (broad SMARTS) is 1. The zero-order chi connectivity index (χ0) is 16.6. The van der Waals surface area contributed by atoms with E-state index in [1.165, 1.54) is 10.9 Å². The van der Waals surface area contributed by atoms with Gasteiger partial charge in [-0.25, -0.2) is 9.48 Å². The number of rotatable bonds is 3. The third-order valence-corrected chi connectivity index (χ3v) is 4.21. The van der Waals surface area contributed by atoms with Gasteiger partial charge in [0.15, 0.2) is 5.69 Å². The van der Waals surface area contributed by atoms with Crippen molar-refractivity contribution in [3.8, 4) is 0 Å². The Hall–Kier alpha value is -2.12. The maximum atomic E-state index is 12.4. The molecule has 0 fully saturated rings. The Bertz CT molecular complexity index is 790. The van der Waals surface area contributed by atoms with Crippen LogP contribution in [0.1, 0.15) is 21.6 Å². The van der Waals surface area contributed by atoms with Gasteiger partial charge in [0, 0.05) is 23.1 Å². The number of carboxylic acids is 1. The highest BCUT2D eigenvalue weighted by Crippen LogP contribution is 2.29. The topological polar surface area (TPSA) is 88.3 Å². The van der Waals surface area contributed by atoms with Crippen LogP contribution in [-0.2, 0) is 24.3 Å². The molecule has 0 saturated heterocycles. The van der Waals surface area contributed by atoms with Crippen molar-refractivity contribution in [2.45, 2.75) is 19.5 Å². The second kappa shape index (κ2) is 6.17. The minimum Gasteiger partial charge on any atom is -0.476 e. The number of carbonyl (C=O) groups excluding carboxylic acids is 1. The molecule has 0 unspecified atom stereocenters. The highest BCUT2D eigenvalue weighted by molar-refractivity contribution is 6.35. The van der Waals surface area contributed by atoms with Crippen molar-refractivity contribution in [3.63, 3.8) is 0 Å². The second-order valence-corrected chi connectivity index (χ2v) is 6.04. The van der Waals surface area contributed by atoms with Crippen LogP contribution in [0.4, 0.5) is 0 Å². The summed E-state index contributed by atoms with van der Waals surface area (Å²) in [6.07, 6.45) is 1.88. The second-order valence-electron chi connectivity index (χ2n) is 5.20. The van der Waals surface area contributed by atoms with E-state index in [9.17, 15) is 9.59 Å². The molecular formula is C14H12Cl2N4O3. The van der Waals surface area contributed by atoms with Crippen LogP contribution >= 0.6 is 23.2 Å². The fourth-order valence-electron chi connectivity index (χ4n) is 2.53. The fraction of sp³-hybridized carbons (Fsp3) is 0.286. The average molecular weight is 355 g/mol. The minimum atomic E-state index is -1.18. The van der Waals surface area contributed by atoms with Crippen molar-refractivity contribution < 1.29 is 14.7 Å². The van der Waals surface area contributed by atoms with E-state index in [1.807, 2.05) is 0 Å². The standard InChI is InChI=1S/C14H12Cl2N4O3/c15-9-3-8-5-19(2-1-10(8)11(16)4-9)13(21)7-20-6-12(14(22)23)17-18-20/h3-4,6H,1-2,5,7H2,(H,22,23). The summed E-state index contributed by atoms with van der Waals surface area (Å²) in [7, 11) is 0. The van der Waals surface area contributed by atoms with E-state index < -0.39 is 5.97 Å². The lowest BCUT2D eigenvalue weighted by molar-refractivity contribution is -0.133. The van der Waals surface area contributed by atoms with Crippen molar-refractivity contribution in [2.75, 3.05) is 6.54 Å². The first kappa shape index (κ1) is 15.8. The number of amides is 1. The summed E-state index contributed by atoms with van der Waals surface area (Å²) in [6, 6.07) is 3.50. The van der Waals surface area contributed by atoms with Crippen LogP contribution in [0.3, 0.4) is 0 Å². The first-order chi connectivity index (χ1) is 10.9. The molecule has 1 aromatic carbocycles. The summed E-state index contributed by atoms with van der Waals surface area (Å²) >= 11 is 12.2. The van der Waals surface area contributed by atoms with Gasteiger partial charge in [0.25, 0.3) is 0 Å². The highest BCUT2D eigenvalue weighted by Gasteiger charge is 2.23. The van der Waals surface area contributed by atoms with Gasteiger partial charge in [0.1, 0.15) is 6.54 Å². The van der Waals surface area contributed by atoms with Crippen LogP contribution in [0.25, 0.3) is 0 Å². The lowest BCUT2D eigenvalue weighted by Gasteiger charge is -2.29. The van der Waals surface area contributed by atoms with Gasteiger partial charge in [0.2, 0.25) is 5.91 Å². The van der Waals surface area contributed by atoms with Gasteiger partial charge in [-0.15, -0.1) is 5.10 Å². The number of fused-ring (bicyclic) bond motifs is 1. The summed E-state index contributed by atoms with van der Waals surface area (Å²) in [4.78, 5) is 24.8.